The summed E-state index contributed by atoms with van der Waals surface area (Å²) >= 11 is 0. The molecule has 4 rings (SSSR count). The van der Waals surface area contributed by atoms with Gasteiger partial charge in [0.15, 0.2) is 5.78 Å². The lowest BCUT2D eigenvalue weighted by molar-refractivity contribution is -0.136. The van der Waals surface area contributed by atoms with E-state index in [-0.39, 0.29) is 12.2 Å². The average Bonchev–Trinajstić information content (AvgIpc) is 3.04. The Labute approximate surface area is 238 Å². The van der Waals surface area contributed by atoms with Crippen molar-refractivity contribution in [2.75, 3.05) is 0 Å². The zero-order valence-electron chi connectivity index (χ0n) is 25.3. The van der Waals surface area contributed by atoms with Crippen molar-refractivity contribution < 1.29 is 14.7 Å². The van der Waals surface area contributed by atoms with Crippen LogP contribution in [0.4, 0.5) is 0 Å². The lowest BCUT2D eigenvalue weighted by Crippen LogP contribution is -2.02. The number of rotatable bonds is 5. The predicted molar refractivity (Wildman–Crippen MR) is 171 cm³/mol. The molecule has 0 aliphatic rings. The van der Waals surface area contributed by atoms with Crippen molar-refractivity contribution >= 4 is 11.8 Å². The molecule has 0 amide bonds. The Morgan fingerprint density at radius 2 is 0.692 bits per heavy atom. The molecule has 0 aromatic heterocycles. The molecule has 0 heterocycles. The summed E-state index contributed by atoms with van der Waals surface area (Å²) in [6.45, 7) is 16.0. The molecule has 0 fully saturated rings. The van der Waals surface area contributed by atoms with Crippen molar-refractivity contribution in [3.8, 4) is 0 Å². The third-order valence-corrected chi connectivity index (χ3v) is 4.17. The van der Waals surface area contributed by atoms with Crippen LogP contribution in [0.1, 0.15) is 76.9 Å². The average molecular weight is 531 g/mol. The van der Waals surface area contributed by atoms with Crippen molar-refractivity contribution in [2.24, 2.45) is 0 Å². The fourth-order valence-electron chi connectivity index (χ4n) is 2.66. The van der Waals surface area contributed by atoms with E-state index < -0.39 is 5.97 Å². The Bertz CT molecular complexity index is 973. The molecule has 3 nitrogen and oxygen atoms in total. The summed E-state index contributed by atoms with van der Waals surface area (Å²) in [6.07, 6.45) is 0.589. The molecule has 0 saturated heterocycles. The van der Waals surface area contributed by atoms with E-state index >= 15 is 0 Å². The maximum absolute atomic E-state index is 11.8. The number of Topliss-reactive ketones (excluding diaryl/α,β-unsaturated/α-hetero) is 1. The maximum atomic E-state index is 11.8. The highest BCUT2D eigenvalue weighted by Crippen LogP contribution is 2.06. The molecule has 4 aromatic carbocycles. The van der Waals surface area contributed by atoms with Gasteiger partial charge in [-0.15, -0.1) is 0 Å². The van der Waals surface area contributed by atoms with Crippen LogP contribution in [-0.2, 0) is 17.6 Å². The third-order valence-electron chi connectivity index (χ3n) is 4.17. The summed E-state index contributed by atoms with van der Waals surface area (Å²) in [5, 5.41) is 8.37. The van der Waals surface area contributed by atoms with Crippen molar-refractivity contribution in [3.05, 3.63) is 144 Å². The largest absolute Gasteiger partial charge is 0.481 e. The van der Waals surface area contributed by atoms with Crippen LogP contribution in [0.2, 0.25) is 0 Å². The van der Waals surface area contributed by atoms with Gasteiger partial charge in [-0.2, -0.15) is 0 Å². The molecule has 0 radical (unpaired) electrons. The number of carbonyl (C=O) groups excluding carboxylic acids is 1. The van der Waals surface area contributed by atoms with Crippen LogP contribution in [0.5, 0.6) is 0 Å². The third kappa shape index (κ3) is 24.1. The van der Waals surface area contributed by atoms with Crippen molar-refractivity contribution in [1.82, 2.24) is 0 Å². The second-order valence-electron chi connectivity index (χ2n) is 6.66. The first-order valence-electron chi connectivity index (χ1n) is 14.0. The fourth-order valence-corrected chi connectivity index (χ4v) is 2.66. The van der Waals surface area contributed by atoms with E-state index in [9.17, 15) is 9.59 Å². The van der Waals surface area contributed by atoms with Crippen LogP contribution in [0, 0.1) is 0 Å². The summed E-state index contributed by atoms with van der Waals surface area (Å²) in [4.78, 5) is 22.0. The summed E-state index contributed by atoms with van der Waals surface area (Å²) in [6, 6.07) is 40.3. The predicted octanol–water partition coefficient (Wildman–Crippen LogP) is 10.2. The lowest BCUT2D eigenvalue weighted by atomic mass is 10.0. The molecule has 0 atom stereocenters. The first-order chi connectivity index (χ1) is 19.1. The Kier molecular flexibility index (Phi) is 32.5. The zero-order valence-corrected chi connectivity index (χ0v) is 25.3. The molecule has 3 heteroatoms. The van der Waals surface area contributed by atoms with Crippen LogP contribution in [0.3, 0.4) is 0 Å². The number of hydrogen-bond acceptors (Lipinski definition) is 2. The van der Waals surface area contributed by atoms with Crippen LogP contribution < -0.4 is 0 Å². The second kappa shape index (κ2) is 32.0. The molecule has 212 valence electrons. The summed E-state index contributed by atoms with van der Waals surface area (Å²) in [5.74, 6) is -0.618. The Balaban J connectivity index is -0.000000469. The minimum absolute atomic E-state index is 0.112. The first-order valence-corrected chi connectivity index (χ1v) is 14.0. The number of hydrogen-bond donors (Lipinski definition) is 1. The first kappa shape index (κ1) is 39.5. The van der Waals surface area contributed by atoms with E-state index in [0.29, 0.717) is 6.42 Å². The van der Waals surface area contributed by atoms with Gasteiger partial charge in [0.2, 0.25) is 0 Å². The van der Waals surface area contributed by atoms with Crippen LogP contribution in [0.15, 0.2) is 127 Å². The monoisotopic (exact) mass is 530 g/mol. The number of benzene rings is 4. The summed E-state index contributed by atoms with van der Waals surface area (Å²) < 4.78 is 0. The van der Waals surface area contributed by atoms with Crippen molar-refractivity contribution in [3.63, 3.8) is 0 Å². The van der Waals surface area contributed by atoms with Gasteiger partial charge < -0.3 is 5.11 Å². The Hall–Kier alpha value is -3.98. The van der Waals surface area contributed by atoms with Gasteiger partial charge in [0.05, 0.1) is 6.42 Å². The van der Waals surface area contributed by atoms with Gasteiger partial charge in [-0.3, -0.25) is 9.59 Å². The SMILES string of the molecule is CC.CC.CC.CC.O=C(Cc1ccccc1)c1ccccc1.O=C(O)Cc1ccccc1.c1ccccc1. The number of carbonyl (C=O) groups is 2. The smallest absolute Gasteiger partial charge is 0.307 e. The minimum atomic E-state index is -0.786. The van der Waals surface area contributed by atoms with E-state index in [1.165, 1.54) is 0 Å². The fraction of sp³-hybridized carbons (Fsp3) is 0.278. The molecule has 4 aromatic rings. The van der Waals surface area contributed by atoms with Gasteiger partial charge >= 0.3 is 5.97 Å². The van der Waals surface area contributed by atoms with Crippen LogP contribution in [0.25, 0.3) is 0 Å². The molecule has 0 unspecified atom stereocenters. The molecule has 0 spiro atoms. The van der Waals surface area contributed by atoms with Gasteiger partial charge in [0.25, 0.3) is 0 Å². The number of ketones is 1. The molecule has 0 aliphatic carbocycles. The van der Waals surface area contributed by atoms with Crippen LogP contribution in [-0.4, -0.2) is 16.9 Å². The molecule has 0 aliphatic heterocycles. The second-order valence-corrected chi connectivity index (χ2v) is 6.66. The highest BCUT2D eigenvalue weighted by atomic mass is 16.4. The van der Waals surface area contributed by atoms with Gasteiger partial charge in [-0.05, 0) is 11.1 Å². The van der Waals surface area contributed by atoms with E-state index in [0.717, 1.165) is 16.7 Å². The van der Waals surface area contributed by atoms with E-state index in [1.54, 1.807) is 12.1 Å². The number of aliphatic carboxylic acids is 1. The van der Waals surface area contributed by atoms with Gasteiger partial charge in [0.1, 0.15) is 0 Å². The molecular formula is C36H50O3. The van der Waals surface area contributed by atoms with E-state index in [1.807, 2.05) is 171 Å². The topological polar surface area (TPSA) is 54.4 Å². The Morgan fingerprint density at radius 3 is 1.00 bits per heavy atom. The van der Waals surface area contributed by atoms with Crippen molar-refractivity contribution in [1.29, 1.82) is 0 Å². The van der Waals surface area contributed by atoms with Gasteiger partial charge in [0, 0.05) is 12.0 Å². The molecule has 0 saturated carbocycles. The highest BCUT2D eigenvalue weighted by Gasteiger charge is 2.05. The number of carboxylic acids is 1. The van der Waals surface area contributed by atoms with Crippen LogP contribution >= 0.6 is 0 Å². The molecule has 1 N–H and O–H groups in total. The summed E-state index contributed by atoms with van der Waals surface area (Å²) in [5.41, 5.74) is 2.68. The minimum Gasteiger partial charge on any atom is -0.481 e. The highest BCUT2D eigenvalue weighted by molar-refractivity contribution is 5.97. The Morgan fingerprint density at radius 1 is 0.436 bits per heavy atom. The standard InChI is InChI=1S/C14H12O.C8H8O2.C6H6.4C2H6/c15-14(13-9-5-2-6-10-13)11-12-7-3-1-4-8-12;9-8(10)6-7-4-2-1-3-5-7;1-2-4-6-5-3-1;4*1-2/h1-10H,11H2;1-5H,6H2,(H,9,10);1-6H;4*1-2H3. The zero-order chi connectivity index (χ0) is 30.2. The molecular weight excluding hydrogens is 480 g/mol. The van der Waals surface area contributed by atoms with Crippen molar-refractivity contribution in [2.45, 2.75) is 68.2 Å². The lowest BCUT2D eigenvalue weighted by Gasteiger charge is -2.00. The summed E-state index contributed by atoms with van der Waals surface area (Å²) in [7, 11) is 0. The quantitative estimate of drug-likeness (QED) is 0.261. The van der Waals surface area contributed by atoms with E-state index in [4.69, 9.17) is 5.11 Å². The van der Waals surface area contributed by atoms with Gasteiger partial charge in [-0.25, -0.2) is 0 Å². The van der Waals surface area contributed by atoms with Gasteiger partial charge in [-0.1, -0.05) is 183 Å². The van der Waals surface area contributed by atoms with E-state index in [2.05, 4.69) is 0 Å². The molecule has 0 bridgehead atoms. The normalized spacial score (nSPS) is 8.00. The maximum Gasteiger partial charge on any atom is 0.307 e. The number of carboxylic acid groups (broad SMARTS) is 1. The molecule has 39 heavy (non-hydrogen) atoms.